The molecule has 0 aliphatic heterocycles. The number of nitrogens with two attached hydrogens (primary N) is 1. The number of hydrogen-bond acceptors (Lipinski definition) is 2. The Kier molecular flexibility index (Phi) is 14.7. The fourth-order valence-electron chi connectivity index (χ4n) is 3.46. The third kappa shape index (κ3) is 12.0. The third-order valence-corrected chi connectivity index (χ3v) is 5.22. The van der Waals surface area contributed by atoms with Gasteiger partial charge in [-0.1, -0.05) is 86.6 Å². The molecule has 31 heavy (non-hydrogen) atoms. The van der Waals surface area contributed by atoms with E-state index in [0.717, 1.165) is 43.4 Å². The highest BCUT2D eigenvalue weighted by Crippen LogP contribution is 2.29. The Balaban J connectivity index is 2.29. The van der Waals surface area contributed by atoms with E-state index in [1.54, 1.807) is 0 Å². The van der Waals surface area contributed by atoms with Crippen LogP contribution in [-0.2, 0) is 4.79 Å². The lowest BCUT2D eigenvalue weighted by Gasteiger charge is -2.22. The number of unbranched alkanes of at least 4 members (excludes halogenated alkanes) is 3. The van der Waals surface area contributed by atoms with Gasteiger partial charge in [-0.2, -0.15) is 0 Å². The van der Waals surface area contributed by atoms with E-state index >= 15 is 0 Å². The van der Waals surface area contributed by atoms with Crippen LogP contribution in [0.2, 0.25) is 0 Å². The average Bonchev–Trinajstić information content (AvgIpc) is 2.75. The molecule has 1 rings (SSSR count). The summed E-state index contributed by atoms with van der Waals surface area (Å²) in [5, 5.41) is 0. The van der Waals surface area contributed by atoms with Crippen molar-refractivity contribution in [3.63, 3.8) is 0 Å². The third-order valence-electron chi connectivity index (χ3n) is 5.22. The number of carbonyl (C=O) groups excluding carboxylic acids is 1. The predicted octanol–water partition coefficient (Wildman–Crippen LogP) is 7.08. The zero-order valence-electron chi connectivity index (χ0n) is 19.8. The summed E-state index contributed by atoms with van der Waals surface area (Å²) >= 11 is 0. The minimum atomic E-state index is -0.260. The smallest absolute Gasteiger partial charge is 0.225 e. The van der Waals surface area contributed by atoms with Gasteiger partial charge < -0.3 is 10.6 Å². The Morgan fingerprint density at radius 2 is 1.42 bits per heavy atom. The van der Waals surface area contributed by atoms with E-state index in [-0.39, 0.29) is 11.8 Å². The van der Waals surface area contributed by atoms with Crippen LogP contribution in [-0.4, -0.2) is 20.0 Å². The second kappa shape index (κ2) is 17.2. The minimum absolute atomic E-state index is 0.259. The number of benzene rings is 1. The number of hydrogen-bond donors (Lipinski definition) is 1. The SMILES string of the molecule is CCCCC/C=C\C/C=C\C/C=C\C/C=C\CCC(C(N)=O)c1ccccc1N(C)C. The summed E-state index contributed by atoms with van der Waals surface area (Å²) in [5.74, 6) is -0.519. The molecule has 0 spiro atoms. The van der Waals surface area contributed by atoms with Gasteiger partial charge in [-0.05, 0) is 56.6 Å². The fraction of sp³-hybridized carbons (Fsp3) is 0.464. The molecule has 1 amide bonds. The molecule has 2 N–H and O–H groups in total. The second-order valence-electron chi connectivity index (χ2n) is 8.07. The summed E-state index contributed by atoms with van der Waals surface area (Å²) in [7, 11) is 3.98. The van der Waals surface area contributed by atoms with Crippen molar-refractivity contribution in [1.82, 2.24) is 0 Å². The van der Waals surface area contributed by atoms with E-state index in [2.05, 4.69) is 55.5 Å². The van der Waals surface area contributed by atoms with Crippen LogP contribution >= 0.6 is 0 Å². The maximum atomic E-state index is 12.0. The maximum Gasteiger partial charge on any atom is 0.225 e. The molecule has 0 aliphatic rings. The molecule has 3 heteroatoms. The number of allylic oxidation sites excluding steroid dienone is 8. The van der Waals surface area contributed by atoms with Crippen molar-refractivity contribution in [2.45, 2.75) is 70.6 Å². The lowest BCUT2D eigenvalue weighted by atomic mass is 9.91. The Labute approximate surface area is 190 Å². The van der Waals surface area contributed by atoms with E-state index < -0.39 is 0 Å². The van der Waals surface area contributed by atoms with Gasteiger partial charge in [-0.25, -0.2) is 0 Å². The molecule has 1 atom stereocenters. The molecule has 170 valence electrons. The molecular formula is C28H42N2O. The van der Waals surface area contributed by atoms with E-state index in [1.165, 1.54) is 25.7 Å². The number of amides is 1. The summed E-state index contributed by atoms with van der Waals surface area (Å²) < 4.78 is 0. The van der Waals surface area contributed by atoms with Gasteiger partial charge in [0.1, 0.15) is 0 Å². The Bertz CT molecular complexity index is 728. The first kappa shape index (κ1) is 26.5. The number of para-hydroxylation sites is 1. The van der Waals surface area contributed by atoms with Crippen LogP contribution in [0.3, 0.4) is 0 Å². The van der Waals surface area contributed by atoms with Crippen molar-refractivity contribution in [2.75, 3.05) is 19.0 Å². The van der Waals surface area contributed by atoms with Crippen molar-refractivity contribution in [3.05, 3.63) is 78.4 Å². The molecule has 0 saturated carbocycles. The first-order valence-electron chi connectivity index (χ1n) is 11.7. The van der Waals surface area contributed by atoms with Crippen molar-refractivity contribution >= 4 is 11.6 Å². The van der Waals surface area contributed by atoms with Crippen LogP contribution in [0.25, 0.3) is 0 Å². The molecular weight excluding hydrogens is 380 g/mol. The zero-order chi connectivity index (χ0) is 22.7. The standard InChI is InChI=1S/C28H42N2O/c1-4-5-6-7-8-9-10-11-12-13-14-15-16-17-18-19-23-26(28(29)31)25-22-20-21-24-27(25)30(2)3/h8-9,11-12,14-15,17-18,20-22,24,26H,4-7,10,13,16,19,23H2,1-3H3,(H2,29,31)/b9-8-,12-11-,15-14-,18-17-. The minimum Gasteiger partial charge on any atom is -0.377 e. The van der Waals surface area contributed by atoms with Crippen LogP contribution in [0, 0.1) is 0 Å². The van der Waals surface area contributed by atoms with Gasteiger partial charge in [0.25, 0.3) is 0 Å². The normalized spacial score (nSPS) is 13.1. The average molecular weight is 423 g/mol. The van der Waals surface area contributed by atoms with Gasteiger partial charge >= 0.3 is 0 Å². The molecule has 0 bridgehead atoms. The molecule has 0 heterocycles. The summed E-state index contributed by atoms with van der Waals surface area (Å²) in [6, 6.07) is 8.00. The highest BCUT2D eigenvalue weighted by molar-refractivity contribution is 5.84. The summed E-state index contributed by atoms with van der Waals surface area (Å²) in [5.41, 5.74) is 7.76. The highest BCUT2D eigenvalue weighted by Gasteiger charge is 2.20. The Morgan fingerprint density at radius 1 is 0.871 bits per heavy atom. The topological polar surface area (TPSA) is 46.3 Å². The second-order valence-corrected chi connectivity index (χ2v) is 8.07. The van der Waals surface area contributed by atoms with E-state index in [4.69, 9.17) is 5.73 Å². The van der Waals surface area contributed by atoms with Crippen molar-refractivity contribution in [1.29, 1.82) is 0 Å². The predicted molar refractivity (Wildman–Crippen MR) is 136 cm³/mol. The monoisotopic (exact) mass is 422 g/mol. The molecule has 1 aromatic rings. The fourth-order valence-corrected chi connectivity index (χ4v) is 3.46. The molecule has 0 fully saturated rings. The van der Waals surface area contributed by atoms with Gasteiger partial charge in [-0.3, -0.25) is 4.79 Å². The molecule has 0 saturated heterocycles. The summed E-state index contributed by atoms with van der Waals surface area (Å²) in [4.78, 5) is 14.1. The van der Waals surface area contributed by atoms with E-state index in [0.29, 0.717) is 0 Å². The highest BCUT2D eigenvalue weighted by atomic mass is 16.1. The summed E-state index contributed by atoms with van der Waals surface area (Å²) in [6.07, 6.45) is 27.3. The lowest BCUT2D eigenvalue weighted by Crippen LogP contribution is -2.23. The van der Waals surface area contributed by atoms with Crippen LogP contribution in [0.15, 0.2) is 72.9 Å². The van der Waals surface area contributed by atoms with E-state index in [9.17, 15) is 4.79 Å². The van der Waals surface area contributed by atoms with E-state index in [1.807, 2.05) is 43.3 Å². The Morgan fingerprint density at radius 3 is 1.97 bits per heavy atom. The molecule has 0 radical (unpaired) electrons. The number of anilines is 1. The molecule has 1 aromatic carbocycles. The van der Waals surface area contributed by atoms with Crippen molar-refractivity contribution < 1.29 is 4.79 Å². The lowest BCUT2D eigenvalue weighted by molar-refractivity contribution is -0.119. The van der Waals surface area contributed by atoms with Gasteiger partial charge in [-0.15, -0.1) is 0 Å². The number of nitrogens with zero attached hydrogens (tertiary/aromatic N) is 1. The zero-order valence-corrected chi connectivity index (χ0v) is 19.8. The quantitative estimate of drug-likeness (QED) is 0.228. The molecule has 3 nitrogen and oxygen atoms in total. The van der Waals surface area contributed by atoms with Gasteiger partial charge in [0.15, 0.2) is 0 Å². The number of rotatable bonds is 16. The summed E-state index contributed by atoms with van der Waals surface area (Å²) in [6.45, 7) is 2.24. The molecule has 1 unspecified atom stereocenters. The van der Waals surface area contributed by atoms with Gasteiger partial charge in [0.05, 0.1) is 5.92 Å². The maximum absolute atomic E-state index is 12.0. The van der Waals surface area contributed by atoms with Crippen LogP contribution in [0.5, 0.6) is 0 Å². The Hall–Kier alpha value is -2.55. The molecule has 0 aromatic heterocycles. The molecule has 0 aliphatic carbocycles. The van der Waals surface area contributed by atoms with Gasteiger partial charge in [0.2, 0.25) is 5.91 Å². The van der Waals surface area contributed by atoms with Gasteiger partial charge in [0, 0.05) is 19.8 Å². The number of carbonyl (C=O) groups is 1. The number of primary amides is 1. The van der Waals surface area contributed by atoms with Crippen LogP contribution in [0.1, 0.15) is 76.2 Å². The van der Waals surface area contributed by atoms with Crippen LogP contribution < -0.4 is 10.6 Å². The largest absolute Gasteiger partial charge is 0.377 e. The van der Waals surface area contributed by atoms with Crippen molar-refractivity contribution in [2.24, 2.45) is 5.73 Å². The van der Waals surface area contributed by atoms with Crippen molar-refractivity contribution in [3.8, 4) is 0 Å². The first-order valence-corrected chi connectivity index (χ1v) is 11.7. The first-order chi connectivity index (χ1) is 15.1. The van der Waals surface area contributed by atoms with Crippen LogP contribution in [0.4, 0.5) is 5.69 Å².